The van der Waals surface area contributed by atoms with E-state index in [1.165, 1.54) is 25.1 Å². The van der Waals surface area contributed by atoms with Crippen molar-refractivity contribution in [2.75, 3.05) is 18.8 Å². The highest BCUT2D eigenvalue weighted by Gasteiger charge is 2.49. The topological polar surface area (TPSA) is 43.2 Å². The van der Waals surface area contributed by atoms with E-state index in [1.54, 1.807) is 6.20 Å². The van der Waals surface area contributed by atoms with E-state index in [2.05, 4.69) is 39.0 Å². The fraction of sp³-hybridized carbons (Fsp3) is 0.529. The van der Waals surface area contributed by atoms with Gasteiger partial charge in [0.25, 0.3) is 0 Å². The van der Waals surface area contributed by atoms with Crippen LogP contribution in [-0.2, 0) is 24.9 Å². The molecule has 5 nitrogen and oxygen atoms in total. The van der Waals surface area contributed by atoms with Crippen LogP contribution >= 0.6 is 11.8 Å². The molecule has 2 aliphatic heterocycles. The predicted molar refractivity (Wildman–Crippen MR) is 91.1 cm³/mol. The highest BCUT2D eigenvalue weighted by molar-refractivity contribution is 8.01. The number of likely N-dealkylation sites (tertiary alicyclic amines) is 1. The third kappa shape index (κ3) is 3.44. The molecule has 0 bridgehead atoms. The average Bonchev–Trinajstić information content (AvgIpc) is 3.13. The van der Waals surface area contributed by atoms with Gasteiger partial charge in [0.05, 0.1) is 18.9 Å². The first-order valence-corrected chi connectivity index (χ1v) is 9.04. The van der Waals surface area contributed by atoms with Crippen LogP contribution in [0, 0.1) is 0 Å². The second kappa shape index (κ2) is 6.26. The molecule has 6 heteroatoms. The van der Waals surface area contributed by atoms with Gasteiger partial charge < -0.3 is 4.74 Å². The standard InChI is InChI=1S/C17H22N4OS/c1-20-8-15(7-19-20)9-21-12-17(13-21)5-16(11-23-17)22-10-14-3-2-4-18-6-14/h2-4,6-8,16H,5,9-13H2,1H3. The van der Waals surface area contributed by atoms with Crippen LogP contribution in [0.15, 0.2) is 36.9 Å². The Morgan fingerprint density at radius 3 is 3.00 bits per heavy atom. The van der Waals surface area contributed by atoms with E-state index in [9.17, 15) is 0 Å². The van der Waals surface area contributed by atoms with Crippen LogP contribution in [0.5, 0.6) is 0 Å². The van der Waals surface area contributed by atoms with Gasteiger partial charge in [-0.05, 0) is 18.1 Å². The number of pyridine rings is 1. The normalized spacial score (nSPS) is 23.3. The first-order valence-electron chi connectivity index (χ1n) is 8.05. The molecule has 23 heavy (non-hydrogen) atoms. The van der Waals surface area contributed by atoms with Gasteiger partial charge in [0.1, 0.15) is 0 Å². The largest absolute Gasteiger partial charge is 0.373 e. The van der Waals surface area contributed by atoms with Crippen molar-refractivity contribution in [3.8, 4) is 0 Å². The Morgan fingerprint density at radius 1 is 1.35 bits per heavy atom. The lowest BCUT2D eigenvalue weighted by atomic mass is 9.92. The molecule has 0 aromatic carbocycles. The number of rotatable bonds is 5. The van der Waals surface area contributed by atoms with E-state index in [4.69, 9.17) is 4.74 Å². The molecular weight excluding hydrogens is 308 g/mol. The maximum Gasteiger partial charge on any atom is 0.0736 e. The summed E-state index contributed by atoms with van der Waals surface area (Å²) >= 11 is 2.09. The van der Waals surface area contributed by atoms with Gasteiger partial charge in [-0.3, -0.25) is 14.6 Å². The molecule has 4 rings (SSSR count). The fourth-order valence-corrected chi connectivity index (χ4v) is 5.12. The second-order valence-electron chi connectivity index (χ2n) is 6.66. The molecule has 2 aliphatic rings. The highest BCUT2D eigenvalue weighted by atomic mass is 32.2. The molecule has 0 amide bonds. The summed E-state index contributed by atoms with van der Waals surface area (Å²) in [6.07, 6.45) is 9.30. The monoisotopic (exact) mass is 330 g/mol. The summed E-state index contributed by atoms with van der Waals surface area (Å²) < 4.78 is 8.38. The minimum Gasteiger partial charge on any atom is -0.373 e. The first-order chi connectivity index (χ1) is 11.2. The van der Waals surface area contributed by atoms with Gasteiger partial charge in [-0.25, -0.2) is 0 Å². The van der Waals surface area contributed by atoms with Crippen molar-refractivity contribution in [1.29, 1.82) is 0 Å². The Bertz CT molecular complexity index is 654. The number of nitrogens with zero attached hydrogens (tertiary/aromatic N) is 4. The zero-order chi connectivity index (χ0) is 15.7. The lowest BCUT2D eigenvalue weighted by molar-refractivity contribution is 0.0263. The molecule has 2 saturated heterocycles. The van der Waals surface area contributed by atoms with Crippen LogP contribution in [0.25, 0.3) is 0 Å². The summed E-state index contributed by atoms with van der Waals surface area (Å²) in [7, 11) is 1.97. The number of hydrogen-bond donors (Lipinski definition) is 0. The smallest absolute Gasteiger partial charge is 0.0736 e. The van der Waals surface area contributed by atoms with Gasteiger partial charge >= 0.3 is 0 Å². The van der Waals surface area contributed by atoms with E-state index < -0.39 is 0 Å². The van der Waals surface area contributed by atoms with Crippen LogP contribution in [0.2, 0.25) is 0 Å². The Labute approximate surface area is 141 Å². The lowest BCUT2D eigenvalue weighted by Gasteiger charge is -2.47. The Kier molecular flexibility index (Phi) is 4.13. The van der Waals surface area contributed by atoms with Crippen LogP contribution in [0.1, 0.15) is 17.5 Å². The van der Waals surface area contributed by atoms with Crippen molar-refractivity contribution in [3.63, 3.8) is 0 Å². The minimum atomic E-state index is 0.376. The molecule has 2 fully saturated rings. The van der Waals surface area contributed by atoms with Gasteiger partial charge in [-0.1, -0.05) is 6.07 Å². The quantitative estimate of drug-likeness (QED) is 0.840. The molecule has 122 valence electrons. The third-order valence-electron chi connectivity index (χ3n) is 4.57. The number of aryl methyl sites for hydroxylation is 1. The zero-order valence-corrected chi connectivity index (χ0v) is 14.2. The third-order valence-corrected chi connectivity index (χ3v) is 6.15. The van der Waals surface area contributed by atoms with Gasteiger partial charge in [0.15, 0.2) is 0 Å². The zero-order valence-electron chi connectivity index (χ0n) is 13.4. The molecule has 0 N–H and O–H groups in total. The summed E-state index contributed by atoms with van der Waals surface area (Å²) in [5.41, 5.74) is 2.46. The van der Waals surface area contributed by atoms with Crippen molar-refractivity contribution in [3.05, 3.63) is 48.0 Å². The molecule has 4 heterocycles. The molecule has 2 aromatic heterocycles. The van der Waals surface area contributed by atoms with Crippen LogP contribution in [0.4, 0.5) is 0 Å². The van der Waals surface area contributed by atoms with Crippen LogP contribution < -0.4 is 0 Å². The van der Waals surface area contributed by atoms with E-state index in [1.807, 2.05) is 30.2 Å². The summed E-state index contributed by atoms with van der Waals surface area (Å²) in [4.78, 5) is 6.65. The van der Waals surface area contributed by atoms with Gasteiger partial charge in [-0.2, -0.15) is 5.10 Å². The fourth-order valence-electron chi connectivity index (χ4n) is 3.52. The molecule has 1 atom stereocenters. The molecule has 1 spiro atoms. The molecule has 0 radical (unpaired) electrons. The number of thioether (sulfide) groups is 1. The van der Waals surface area contributed by atoms with E-state index in [0.717, 1.165) is 17.9 Å². The van der Waals surface area contributed by atoms with E-state index >= 15 is 0 Å². The van der Waals surface area contributed by atoms with Gasteiger partial charge in [0, 0.05) is 61.3 Å². The highest BCUT2D eigenvalue weighted by Crippen LogP contribution is 2.46. The molecule has 0 saturated carbocycles. The summed E-state index contributed by atoms with van der Waals surface area (Å²) in [6.45, 7) is 4.02. The SMILES string of the molecule is Cn1cc(CN2CC3(CC(OCc4cccnc4)CS3)C2)cn1. The van der Waals surface area contributed by atoms with Crippen molar-refractivity contribution >= 4 is 11.8 Å². The minimum absolute atomic E-state index is 0.376. The second-order valence-corrected chi connectivity index (χ2v) is 8.15. The van der Waals surface area contributed by atoms with Crippen LogP contribution in [0.3, 0.4) is 0 Å². The Hall–Kier alpha value is -1.37. The van der Waals surface area contributed by atoms with E-state index in [-0.39, 0.29) is 0 Å². The van der Waals surface area contributed by atoms with Crippen LogP contribution in [-0.4, -0.2) is 49.4 Å². The van der Waals surface area contributed by atoms with Crippen molar-refractivity contribution < 1.29 is 4.74 Å². The molecule has 1 unspecified atom stereocenters. The molecular formula is C17H22N4OS. The number of ether oxygens (including phenoxy) is 1. The summed E-state index contributed by atoms with van der Waals surface area (Å²) in [5.74, 6) is 1.11. The summed E-state index contributed by atoms with van der Waals surface area (Å²) in [5, 5.41) is 4.24. The lowest BCUT2D eigenvalue weighted by Crippen LogP contribution is -2.58. The predicted octanol–water partition coefficient (Wildman–Crippen LogP) is 2.09. The first kappa shape index (κ1) is 15.2. The van der Waals surface area contributed by atoms with Crippen molar-refractivity contribution in [1.82, 2.24) is 19.7 Å². The average molecular weight is 330 g/mol. The number of hydrogen-bond acceptors (Lipinski definition) is 5. The number of aromatic nitrogens is 3. The Balaban J connectivity index is 1.23. The molecule has 0 aliphatic carbocycles. The van der Waals surface area contributed by atoms with Gasteiger partial charge in [-0.15, -0.1) is 11.8 Å². The maximum atomic E-state index is 6.08. The van der Waals surface area contributed by atoms with Gasteiger partial charge in [0.2, 0.25) is 0 Å². The summed E-state index contributed by atoms with van der Waals surface area (Å²) in [6, 6.07) is 4.04. The molecule has 2 aromatic rings. The maximum absolute atomic E-state index is 6.08. The Morgan fingerprint density at radius 2 is 2.26 bits per heavy atom. The van der Waals surface area contributed by atoms with Crippen molar-refractivity contribution in [2.45, 2.75) is 30.4 Å². The van der Waals surface area contributed by atoms with E-state index in [0.29, 0.717) is 17.5 Å². The van der Waals surface area contributed by atoms with Crippen molar-refractivity contribution in [2.24, 2.45) is 7.05 Å².